The van der Waals surface area contributed by atoms with E-state index in [1.54, 1.807) is 49.6 Å². The number of imide groups is 1. The fraction of sp³-hybridized carbons (Fsp3) is 0.176. The van der Waals surface area contributed by atoms with Crippen molar-refractivity contribution in [2.24, 2.45) is 0 Å². The molecule has 2 N–H and O–H groups in total. The Morgan fingerprint density at radius 3 is 2.12 bits per heavy atom. The van der Waals surface area contributed by atoms with E-state index in [2.05, 4.69) is 10.6 Å². The van der Waals surface area contributed by atoms with Gasteiger partial charge in [-0.1, -0.05) is 29.8 Å². The SMILES string of the molecule is COc1ccc(C2(c3ccc(OC)c(Cl)c3)NC(=O)NC2=O)cc1. The van der Waals surface area contributed by atoms with Crippen molar-refractivity contribution in [1.29, 1.82) is 0 Å². The van der Waals surface area contributed by atoms with Crippen molar-refractivity contribution in [2.75, 3.05) is 14.2 Å². The number of ether oxygens (including phenoxy) is 2. The quantitative estimate of drug-likeness (QED) is 0.834. The number of carbonyl (C=O) groups excluding carboxylic acids is 2. The van der Waals surface area contributed by atoms with Gasteiger partial charge in [0.2, 0.25) is 0 Å². The summed E-state index contributed by atoms with van der Waals surface area (Å²) in [7, 11) is 3.06. The third-order valence-electron chi connectivity index (χ3n) is 3.98. The maximum absolute atomic E-state index is 12.6. The van der Waals surface area contributed by atoms with Gasteiger partial charge in [-0.25, -0.2) is 4.79 Å². The van der Waals surface area contributed by atoms with Crippen LogP contribution in [0.5, 0.6) is 11.5 Å². The van der Waals surface area contributed by atoms with E-state index >= 15 is 0 Å². The van der Waals surface area contributed by atoms with E-state index in [0.29, 0.717) is 27.6 Å². The van der Waals surface area contributed by atoms with Crippen LogP contribution in [0.1, 0.15) is 11.1 Å². The molecule has 0 bridgehead atoms. The first-order chi connectivity index (χ1) is 11.5. The lowest BCUT2D eigenvalue weighted by Gasteiger charge is -2.27. The molecule has 1 aliphatic heterocycles. The van der Waals surface area contributed by atoms with Crippen LogP contribution in [0.2, 0.25) is 5.02 Å². The number of methoxy groups -OCH3 is 2. The second kappa shape index (κ2) is 6.05. The van der Waals surface area contributed by atoms with Crippen LogP contribution in [-0.2, 0) is 10.3 Å². The maximum atomic E-state index is 12.6. The predicted molar refractivity (Wildman–Crippen MR) is 88.5 cm³/mol. The summed E-state index contributed by atoms with van der Waals surface area (Å²) in [4.78, 5) is 24.4. The van der Waals surface area contributed by atoms with Crippen LogP contribution in [0.3, 0.4) is 0 Å². The number of rotatable bonds is 4. The Bertz CT molecular complexity index is 807. The summed E-state index contributed by atoms with van der Waals surface area (Å²) < 4.78 is 10.3. The van der Waals surface area contributed by atoms with Crippen LogP contribution in [0, 0.1) is 0 Å². The molecular weight excluding hydrogens is 332 g/mol. The number of amides is 3. The number of benzene rings is 2. The van der Waals surface area contributed by atoms with Crippen LogP contribution in [-0.4, -0.2) is 26.2 Å². The van der Waals surface area contributed by atoms with Crippen molar-refractivity contribution >= 4 is 23.5 Å². The second-order valence-corrected chi connectivity index (χ2v) is 5.64. The highest BCUT2D eigenvalue weighted by atomic mass is 35.5. The van der Waals surface area contributed by atoms with Gasteiger partial charge in [0.05, 0.1) is 19.2 Å². The van der Waals surface area contributed by atoms with E-state index < -0.39 is 17.5 Å². The van der Waals surface area contributed by atoms with Crippen LogP contribution >= 0.6 is 11.6 Å². The standard InChI is InChI=1S/C17H15ClN2O4/c1-23-12-6-3-10(4-7-12)17(15(21)19-16(22)20-17)11-5-8-14(24-2)13(18)9-11/h3-9H,1-2H3,(H2,19,20,21,22). The fourth-order valence-corrected chi connectivity index (χ4v) is 3.03. The van der Waals surface area contributed by atoms with Gasteiger partial charge in [-0.3, -0.25) is 10.1 Å². The summed E-state index contributed by atoms with van der Waals surface area (Å²) in [6.45, 7) is 0. The molecule has 6 nitrogen and oxygen atoms in total. The summed E-state index contributed by atoms with van der Waals surface area (Å²) in [6, 6.07) is 11.3. The van der Waals surface area contributed by atoms with Crippen LogP contribution in [0.25, 0.3) is 0 Å². The smallest absolute Gasteiger partial charge is 0.322 e. The van der Waals surface area contributed by atoms with E-state index in [9.17, 15) is 9.59 Å². The molecule has 1 heterocycles. The second-order valence-electron chi connectivity index (χ2n) is 5.24. The van der Waals surface area contributed by atoms with Crippen molar-refractivity contribution in [3.05, 3.63) is 58.6 Å². The Hall–Kier alpha value is -2.73. The van der Waals surface area contributed by atoms with Gasteiger partial charge in [-0.2, -0.15) is 0 Å². The Balaban J connectivity index is 2.18. The van der Waals surface area contributed by atoms with Crippen LogP contribution in [0.15, 0.2) is 42.5 Å². The Morgan fingerprint density at radius 1 is 0.958 bits per heavy atom. The van der Waals surface area contributed by atoms with Gasteiger partial charge < -0.3 is 14.8 Å². The minimum absolute atomic E-state index is 0.344. The first-order valence-electron chi connectivity index (χ1n) is 7.13. The highest BCUT2D eigenvalue weighted by Crippen LogP contribution is 2.37. The molecule has 0 spiro atoms. The van der Waals surface area contributed by atoms with Gasteiger partial charge in [0.15, 0.2) is 5.54 Å². The minimum Gasteiger partial charge on any atom is -0.497 e. The highest BCUT2D eigenvalue weighted by molar-refractivity contribution is 6.32. The average Bonchev–Trinajstić information content (AvgIpc) is 2.90. The zero-order valence-electron chi connectivity index (χ0n) is 13.1. The Kier molecular flexibility index (Phi) is 4.07. The molecule has 0 aliphatic carbocycles. The van der Waals surface area contributed by atoms with Crippen LogP contribution < -0.4 is 20.1 Å². The Morgan fingerprint density at radius 2 is 1.62 bits per heavy atom. The zero-order valence-corrected chi connectivity index (χ0v) is 13.8. The molecule has 1 fully saturated rings. The maximum Gasteiger partial charge on any atom is 0.322 e. The molecule has 1 atom stereocenters. The molecular formula is C17H15ClN2O4. The van der Waals surface area contributed by atoms with Crippen molar-refractivity contribution in [2.45, 2.75) is 5.54 Å². The van der Waals surface area contributed by atoms with E-state index in [4.69, 9.17) is 21.1 Å². The topological polar surface area (TPSA) is 76.7 Å². The largest absolute Gasteiger partial charge is 0.497 e. The van der Waals surface area contributed by atoms with Gasteiger partial charge in [-0.15, -0.1) is 0 Å². The molecule has 0 aromatic heterocycles. The van der Waals surface area contributed by atoms with Gasteiger partial charge in [0, 0.05) is 0 Å². The lowest BCUT2D eigenvalue weighted by molar-refractivity contribution is -0.122. The molecule has 2 aromatic rings. The first-order valence-corrected chi connectivity index (χ1v) is 7.51. The number of hydrogen-bond donors (Lipinski definition) is 2. The summed E-state index contributed by atoms with van der Waals surface area (Å²) in [5, 5.41) is 5.34. The predicted octanol–water partition coefficient (Wildman–Crippen LogP) is 2.44. The third kappa shape index (κ3) is 2.45. The molecule has 2 aromatic carbocycles. The molecule has 1 saturated heterocycles. The van der Waals surface area contributed by atoms with E-state index in [0.717, 1.165) is 0 Å². The van der Waals surface area contributed by atoms with E-state index in [1.807, 2.05) is 0 Å². The number of carbonyl (C=O) groups is 2. The molecule has 1 aliphatic rings. The molecule has 24 heavy (non-hydrogen) atoms. The molecule has 7 heteroatoms. The van der Waals surface area contributed by atoms with Gasteiger partial charge >= 0.3 is 6.03 Å². The lowest BCUT2D eigenvalue weighted by atomic mass is 9.83. The average molecular weight is 347 g/mol. The van der Waals surface area contributed by atoms with Gasteiger partial charge in [0.25, 0.3) is 5.91 Å². The van der Waals surface area contributed by atoms with Crippen molar-refractivity contribution in [3.8, 4) is 11.5 Å². The zero-order chi connectivity index (χ0) is 17.3. The molecule has 0 saturated carbocycles. The summed E-state index contributed by atoms with van der Waals surface area (Å²) in [6.07, 6.45) is 0. The number of hydrogen-bond acceptors (Lipinski definition) is 4. The summed E-state index contributed by atoms with van der Waals surface area (Å²) in [5.41, 5.74) is -0.242. The Labute approximate surface area is 143 Å². The summed E-state index contributed by atoms with van der Waals surface area (Å²) >= 11 is 6.20. The van der Waals surface area contributed by atoms with Crippen LogP contribution in [0.4, 0.5) is 4.79 Å². The van der Waals surface area contributed by atoms with Crippen molar-refractivity contribution in [1.82, 2.24) is 10.6 Å². The summed E-state index contributed by atoms with van der Waals surface area (Å²) in [5.74, 6) is 0.653. The molecule has 124 valence electrons. The number of urea groups is 1. The monoisotopic (exact) mass is 346 g/mol. The molecule has 3 amide bonds. The third-order valence-corrected chi connectivity index (χ3v) is 4.27. The van der Waals surface area contributed by atoms with E-state index in [1.165, 1.54) is 7.11 Å². The highest BCUT2D eigenvalue weighted by Gasteiger charge is 2.49. The number of halogens is 1. The minimum atomic E-state index is -1.36. The van der Waals surface area contributed by atoms with Gasteiger partial charge in [0.1, 0.15) is 11.5 Å². The van der Waals surface area contributed by atoms with Crippen molar-refractivity contribution in [3.63, 3.8) is 0 Å². The van der Waals surface area contributed by atoms with E-state index in [-0.39, 0.29) is 0 Å². The molecule has 0 radical (unpaired) electrons. The van der Waals surface area contributed by atoms with Gasteiger partial charge in [-0.05, 0) is 35.4 Å². The lowest BCUT2D eigenvalue weighted by Crippen LogP contribution is -2.44. The molecule has 3 rings (SSSR count). The first kappa shape index (κ1) is 16.1. The fourth-order valence-electron chi connectivity index (χ4n) is 2.77. The van der Waals surface area contributed by atoms with Crippen molar-refractivity contribution < 1.29 is 19.1 Å². The normalized spacial score (nSPS) is 19.6. The number of nitrogens with one attached hydrogen (secondary N) is 2. The molecule has 1 unspecified atom stereocenters.